The van der Waals surface area contributed by atoms with E-state index >= 15 is 0 Å². The third-order valence-corrected chi connectivity index (χ3v) is 3.33. The predicted octanol–water partition coefficient (Wildman–Crippen LogP) is 0.952. The van der Waals surface area contributed by atoms with Crippen LogP contribution in [0.5, 0.6) is 5.75 Å². The van der Waals surface area contributed by atoms with E-state index in [9.17, 15) is 9.59 Å². The van der Waals surface area contributed by atoms with Gasteiger partial charge >= 0.3 is 5.97 Å². The fourth-order valence-corrected chi connectivity index (χ4v) is 2.33. The second-order valence-electron chi connectivity index (χ2n) is 4.41. The first-order valence-corrected chi connectivity index (χ1v) is 5.66. The van der Waals surface area contributed by atoms with Crippen LogP contribution < -0.4 is 4.74 Å². The maximum absolute atomic E-state index is 11.8. The smallest absolute Gasteiger partial charge is 0.316 e. The Hall–Kier alpha value is -2.04. The van der Waals surface area contributed by atoms with Crippen LogP contribution in [0, 0.1) is 5.92 Å². The van der Waals surface area contributed by atoms with Crippen LogP contribution >= 0.6 is 0 Å². The zero-order chi connectivity index (χ0) is 13.3. The monoisotopic (exact) mass is 249 g/mol. The minimum Gasteiger partial charge on any atom is -0.497 e. The van der Waals surface area contributed by atoms with E-state index in [4.69, 9.17) is 9.84 Å². The molecule has 1 heterocycles. The molecule has 0 unspecified atom stereocenters. The number of methoxy groups -OCH3 is 1. The standard InChI is InChI=1S/C13H15NO4/c1-14-7-10(11(12(14)15)13(16)17)8-3-5-9(18-2)6-4-8/h3-6,10-11H,7H2,1-2H3,(H,16,17)/t10-,11-/m0/s1. The van der Waals surface area contributed by atoms with Crippen molar-refractivity contribution in [2.75, 3.05) is 20.7 Å². The molecule has 5 heteroatoms. The molecule has 2 atom stereocenters. The highest BCUT2D eigenvalue weighted by Crippen LogP contribution is 2.33. The lowest BCUT2D eigenvalue weighted by Gasteiger charge is -2.13. The van der Waals surface area contributed by atoms with Crippen molar-refractivity contribution in [3.63, 3.8) is 0 Å². The number of carboxylic acid groups (broad SMARTS) is 1. The quantitative estimate of drug-likeness (QED) is 0.810. The number of carbonyl (C=O) groups is 2. The summed E-state index contributed by atoms with van der Waals surface area (Å²) in [6.07, 6.45) is 0. The van der Waals surface area contributed by atoms with Gasteiger partial charge in [0.25, 0.3) is 0 Å². The Labute approximate surface area is 105 Å². The Morgan fingerprint density at radius 1 is 1.39 bits per heavy atom. The summed E-state index contributed by atoms with van der Waals surface area (Å²) in [7, 11) is 3.20. The molecule has 1 N–H and O–H groups in total. The maximum Gasteiger partial charge on any atom is 0.316 e. The number of nitrogens with zero attached hydrogens (tertiary/aromatic N) is 1. The lowest BCUT2D eigenvalue weighted by atomic mass is 9.88. The SMILES string of the molecule is COc1ccc([C@@H]2CN(C)C(=O)[C@H]2C(=O)O)cc1. The molecule has 0 spiro atoms. The summed E-state index contributed by atoms with van der Waals surface area (Å²) in [5.74, 6) is -1.97. The number of hydrogen-bond donors (Lipinski definition) is 1. The lowest BCUT2D eigenvalue weighted by molar-refractivity contribution is -0.147. The lowest BCUT2D eigenvalue weighted by Crippen LogP contribution is -2.28. The van der Waals surface area contributed by atoms with Crippen molar-refractivity contribution >= 4 is 11.9 Å². The summed E-state index contributed by atoms with van der Waals surface area (Å²) in [5, 5.41) is 9.16. The van der Waals surface area contributed by atoms with Gasteiger partial charge in [0.05, 0.1) is 7.11 Å². The highest BCUT2D eigenvalue weighted by Gasteiger charge is 2.44. The highest BCUT2D eigenvalue weighted by molar-refractivity contribution is 5.99. The molecule has 2 rings (SSSR count). The van der Waals surface area contributed by atoms with Crippen LogP contribution in [0.2, 0.25) is 0 Å². The molecule has 0 bridgehead atoms. The van der Waals surface area contributed by atoms with E-state index in [0.717, 1.165) is 5.56 Å². The number of carbonyl (C=O) groups excluding carboxylic acids is 1. The van der Waals surface area contributed by atoms with Gasteiger partial charge in [-0.3, -0.25) is 9.59 Å². The van der Waals surface area contributed by atoms with E-state index in [2.05, 4.69) is 0 Å². The van der Waals surface area contributed by atoms with E-state index in [0.29, 0.717) is 12.3 Å². The van der Waals surface area contributed by atoms with Crippen molar-refractivity contribution in [3.8, 4) is 5.75 Å². The van der Waals surface area contributed by atoms with E-state index in [1.54, 1.807) is 26.3 Å². The van der Waals surface area contributed by atoms with Crippen molar-refractivity contribution in [1.29, 1.82) is 0 Å². The Morgan fingerprint density at radius 2 is 2.00 bits per heavy atom. The number of hydrogen-bond acceptors (Lipinski definition) is 3. The zero-order valence-electron chi connectivity index (χ0n) is 10.3. The minimum absolute atomic E-state index is 0.300. The molecule has 0 aromatic heterocycles. The molecule has 0 aliphatic carbocycles. The van der Waals surface area contributed by atoms with Crippen LogP contribution in [0.3, 0.4) is 0 Å². The Balaban J connectivity index is 2.30. The molecule has 5 nitrogen and oxygen atoms in total. The molecular formula is C13H15NO4. The van der Waals surface area contributed by atoms with Crippen LogP contribution in [0.15, 0.2) is 24.3 Å². The average Bonchev–Trinajstić information content (AvgIpc) is 2.66. The first-order valence-electron chi connectivity index (χ1n) is 5.66. The van der Waals surface area contributed by atoms with Gasteiger partial charge < -0.3 is 14.7 Å². The fourth-order valence-electron chi connectivity index (χ4n) is 2.33. The second kappa shape index (κ2) is 4.68. The van der Waals surface area contributed by atoms with E-state index in [1.807, 2.05) is 12.1 Å². The number of ether oxygens (including phenoxy) is 1. The maximum atomic E-state index is 11.8. The Bertz CT molecular complexity index is 468. The molecule has 96 valence electrons. The van der Waals surface area contributed by atoms with Crippen LogP contribution in [0.1, 0.15) is 11.5 Å². The first kappa shape index (κ1) is 12.4. The van der Waals surface area contributed by atoms with Gasteiger partial charge in [0.1, 0.15) is 11.7 Å². The number of rotatable bonds is 3. The summed E-state index contributed by atoms with van der Waals surface area (Å²) in [5.41, 5.74) is 0.848. The van der Waals surface area contributed by atoms with Gasteiger partial charge in [-0.1, -0.05) is 12.1 Å². The van der Waals surface area contributed by atoms with Crippen molar-refractivity contribution < 1.29 is 19.4 Å². The van der Waals surface area contributed by atoms with Gasteiger partial charge in [-0.25, -0.2) is 0 Å². The predicted molar refractivity (Wildman–Crippen MR) is 64.5 cm³/mol. The molecule has 1 saturated heterocycles. The third kappa shape index (κ3) is 2.03. The van der Waals surface area contributed by atoms with Crippen molar-refractivity contribution in [3.05, 3.63) is 29.8 Å². The van der Waals surface area contributed by atoms with Crippen LogP contribution in [0.4, 0.5) is 0 Å². The molecule has 18 heavy (non-hydrogen) atoms. The van der Waals surface area contributed by atoms with E-state index in [-0.39, 0.29) is 11.8 Å². The minimum atomic E-state index is -1.06. The van der Waals surface area contributed by atoms with Gasteiger partial charge in [-0.2, -0.15) is 0 Å². The van der Waals surface area contributed by atoms with Gasteiger partial charge in [0.15, 0.2) is 0 Å². The molecular weight excluding hydrogens is 234 g/mol. The van der Waals surface area contributed by atoms with Crippen molar-refractivity contribution in [2.45, 2.75) is 5.92 Å². The molecule has 1 aromatic carbocycles. The molecule has 1 amide bonds. The highest BCUT2D eigenvalue weighted by atomic mass is 16.5. The topological polar surface area (TPSA) is 66.8 Å². The molecule has 1 aliphatic rings. The second-order valence-corrected chi connectivity index (χ2v) is 4.41. The molecule has 0 radical (unpaired) electrons. The number of amides is 1. The molecule has 1 fully saturated rings. The molecule has 1 aromatic rings. The average molecular weight is 249 g/mol. The van der Waals surface area contributed by atoms with E-state index < -0.39 is 11.9 Å². The summed E-state index contributed by atoms with van der Waals surface area (Å²) in [6.45, 7) is 0.433. The van der Waals surface area contributed by atoms with Gasteiger partial charge in [0, 0.05) is 19.5 Å². The Morgan fingerprint density at radius 3 is 2.50 bits per heavy atom. The zero-order valence-corrected chi connectivity index (χ0v) is 10.3. The number of carboxylic acids is 1. The van der Waals surface area contributed by atoms with Crippen molar-refractivity contribution in [1.82, 2.24) is 4.90 Å². The molecule has 0 saturated carbocycles. The number of aliphatic carboxylic acids is 1. The van der Waals surface area contributed by atoms with Crippen LogP contribution in [-0.4, -0.2) is 42.6 Å². The van der Waals surface area contributed by atoms with Crippen molar-refractivity contribution in [2.24, 2.45) is 5.92 Å². The van der Waals surface area contributed by atoms with Gasteiger partial charge in [-0.15, -0.1) is 0 Å². The first-order chi connectivity index (χ1) is 8.54. The summed E-state index contributed by atoms with van der Waals surface area (Å²) < 4.78 is 5.05. The number of likely N-dealkylation sites (tertiary alicyclic amines) is 1. The van der Waals surface area contributed by atoms with Gasteiger partial charge in [0.2, 0.25) is 5.91 Å². The summed E-state index contributed by atoms with van der Waals surface area (Å²) >= 11 is 0. The Kier molecular flexibility index (Phi) is 3.23. The number of benzene rings is 1. The van der Waals surface area contributed by atoms with Crippen LogP contribution in [-0.2, 0) is 9.59 Å². The van der Waals surface area contributed by atoms with Gasteiger partial charge in [-0.05, 0) is 17.7 Å². The largest absolute Gasteiger partial charge is 0.497 e. The molecule has 1 aliphatic heterocycles. The fraction of sp³-hybridized carbons (Fsp3) is 0.385. The summed E-state index contributed by atoms with van der Waals surface area (Å²) in [4.78, 5) is 24.4. The van der Waals surface area contributed by atoms with Crippen LogP contribution in [0.25, 0.3) is 0 Å². The third-order valence-electron chi connectivity index (χ3n) is 3.33. The van der Waals surface area contributed by atoms with E-state index in [1.165, 1.54) is 4.90 Å². The normalized spacial score (nSPS) is 23.2. The number of likely N-dealkylation sites (N-methyl/N-ethyl adjacent to an activating group) is 1. The summed E-state index contributed by atoms with van der Waals surface area (Å²) in [6, 6.07) is 7.17.